The van der Waals surface area contributed by atoms with Crippen LogP contribution in [-0.4, -0.2) is 12.1 Å². The maximum atomic E-state index is 5.98. The van der Waals surface area contributed by atoms with Crippen molar-refractivity contribution in [1.82, 2.24) is 4.98 Å². The van der Waals surface area contributed by atoms with Gasteiger partial charge in [0.1, 0.15) is 0 Å². The average Bonchev–Trinajstić information content (AvgIpc) is 2.41. The Hall–Kier alpha value is -1.94. The molecule has 0 amide bonds. The van der Waals surface area contributed by atoms with Gasteiger partial charge < -0.3 is 15.8 Å². The fraction of sp³-hybridized carbons (Fsp3) is 0.214. The van der Waals surface area contributed by atoms with Crippen molar-refractivity contribution in [3.63, 3.8) is 0 Å². The first-order valence-electron chi connectivity index (χ1n) is 5.92. The van der Waals surface area contributed by atoms with Gasteiger partial charge in [-0.05, 0) is 30.7 Å². The minimum absolute atomic E-state index is 0.0422. The molecule has 0 spiro atoms. The van der Waals surface area contributed by atoms with E-state index in [0.29, 0.717) is 22.4 Å². The number of nitrogens with zero attached hydrogens (tertiary/aromatic N) is 1. The average molecular weight is 278 g/mol. The van der Waals surface area contributed by atoms with E-state index in [-0.39, 0.29) is 6.04 Å². The van der Waals surface area contributed by atoms with E-state index in [1.54, 1.807) is 19.2 Å². The van der Waals surface area contributed by atoms with Crippen LogP contribution in [0.2, 0.25) is 5.02 Å². The number of methoxy groups -OCH3 is 1. The van der Waals surface area contributed by atoms with Crippen LogP contribution in [0.15, 0.2) is 36.4 Å². The number of pyridine rings is 1. The molecule has 2 aromatic rings. The molecule has 0 aliphatic rings. The van der Waals surface area contributed by atoms with Crippen LogP contribution in [0, 0.1) is 0 Å². The SMILES string of the molecule is COc1ccc(N)c(NC(C)c2cccc(Cl)c2)n1. The van der Waals surface area contributed by atoms with Gasteiger partial charge in [0.25, 0.3) is 0 Å². The number of anilines is 2. The largest absolute Gasteiger partial charge is 0.481 e. The minimum Gasteiger partial charge on any atom is -0.481 e. The van der Waals surface area contributed by atoms with Gasteiger partial charge >= 0.3 is 0 Å². The molecule has 1 unspecified atom stereocenters. The first-order valence-corrected chi connectivity index (χ1v) is 6.30. The second-order valence-electron chi connectivity index (χ2n) is 4.21. The number of aromatic nitrogens is 1. The zero-order valence-electron chi connectivity index (χ0n) is 10.9. The highest BCUT2D eigenvalue weighted by Crippen LogP contribution is 2.25. The summed E-state index contributed by atoms with van der Waals surface area (Å²) in [5.41, 5.74) is 7.54. The van der Waals surface area contributed by atoms with E-state index >= 15 is 0 Å². The molecule has 3 N–H and O–H groups in total. The summed E-state index contributed by atoms with van der Waals surface area (Å²) in [5.74, 6) is 1.13. The van der Waals surface area contributed by atoms with Crippen molar-refractivity contribution in [2.45, 2.75) is 13.0 Å². The summed E-state index contributed by atoms with van der Waals surface area (Å²) < 4.78 is 5.09. The Balaban J connectivity index is 2.21. The Morgan fingerprint density at radius 3 is 2.79 bits per heavy atom. The van der Waals surface area contributed by atoms with Crippen molar-refractivity contribution in [2.75, 3.05) is 18.2 Å². The van der Waals surface area contributed by atoms with Crippen LogP contribution >= 0.6 is 11.6 Å². The summed E-state index contributed by atoms with van der Waals surface area (Å²) >= 11 is 5.98. The molecule has 0 saturated carbocycles. The Morgan fingerprint density at radius 2 is 2.11 bits per heavy atom. The molecule has 19 heavy (non-hydrogen) atoms. The predicted octanol–water partition coefficient (Wildman–Crippen LogP) is 3.50. The van der Waals surface area contributed by atoms with Crippen LogP contribution in [0.25, 0.3) is 0 Å². The zero-order chi connectivity index (χ0) is 13.8. The van der Waals surface area contributed by atoms with Crippen LogP contribution in [0.3, 0.4) is 0 Å². The lowest BCUT2D eigenvalue weighted by Crippen LogP contribution is -2.10. The van der Waals surface area contributed by atoms with Gasteiger partial charge in [0.15, 0.2) is 5.82 Å². The Labute approximate surface area is 117 Å². The number of hydrogen-bond acceptors (Lipinski definition) is 4. The van der Waals surface area contributed by atoms with Gasteiger partial charge in [0.05, 0.1) is 18.8 Å². The summed E-state index contributed by atoms with van der Waals surface area (Å²) in [6.45, 7) is 2.02. The zero-order valence-corrected chi connectivity index (χ0v) is 11.6. The van der Waals surface area contributed by atoms with Crippen molar-refractivity contribution in [1.29, 1.82) is 0 Å². The van der Waals surface area contributed by atoms with Crippen LogP contribution in [-0.2, 0) is 0 Å². The smallest absolute Gasteiger partial charge is 0.215 e. The highest BCUT2D eigenvalue weighted by molar-refractivity contribution is 6.30. The molecule has 1 atom stereocenters. The second-order valence-corrected chi connectivity index (χ2v) is 4.65. The first kappa shape index (κ1) is 13.5. The fourth-order valence-electron chi connectivity index (χ4n) is 1.75. The van der Waals surface area contributed by atoms with Crippen molar-refractivity contribution in [2.24, 2.45) is 0 Å². The summed E-state index contributed by atoms with van der Waals surface area (Å²) in [6.07, 6.45) is 0. The topological polar surface area (TPSA) is 60.2 Å². The number of halogens is 1. The van der Waals surface area contributed by atoms with Gasteiger partial charge in [0.2, 0.25) is 5.88 Å². The van der Waals surface area contributed by atoms with E-state index in [1.165, 1.54) is 0 Å². The van der Waals surface area contributed by atoms with Crippen molar-refractivity contribution in [3.8, 4) is 5.88 Å². The van der Waals surface area contributed by atoms with E-state index in [4.69, 9.17) is 22.1 Å². The molecule has 0 fully saturated rings. The number of rotatable bonds is 4. The van der Waals surface area contributed by atoms with E-state index in [2.05, 4.69) is 10.3 Å². The fourth-order valence-corrected chi connectivity index (χ4v) is 1.94. The predicted molar refractivity (Wildman–Crippen MR) is 78.7 cm³/mol. The van der Waals surface area contributed by atoms with Gasteiger partial charge in [-0.2, -0.15) is 4.98 Å². The van der Waals surface area contributed by atoms with Crippen molar-refractivity contribution < 1.29 is 4.74 Å². The van der Waals surface area contributed by atoms with Crippen molar-refractivity contribution >= 4 is 23.1 Å². The molecule has 0 bridgehead atoms. The molecule has 4 nitrogen and oxygen atoms in total. The molecule has 1 aromatic carbocycles. The molecule has 5 heteroatoms. The molecule has 0 radical (unpaired) electrons. The van der Waals surface area contributed by atoms with E-state index in [0.717, 1.165) is 5.56 Å². The van der Waals surface area contributed by atoms with Gasteiger partial charge in [-0.15, -0.1) is 0 Å². The normalized spacial score (nSPS) is 11.9. The Bertz CT molecular complexity index is 574. The molecule has 1 aromatic heterocycles. The van der Waals surface area contributed by atoms with Gasteiger partial charge in [-0.3, -0.25) is 0 Å². The van der Waals surface area contributed by atoms with E-state index < -0.39 is 0 Å². The third kappa shape index (κ3) is 3.29. The minimum atomic E-state index is 0.0422. The monoisotopic (exact) mass is 277 g/mol. The molecular weight excluding hydrogens is 262 g/mol. The molecule has 100 valence electrons. The molecule has 2 rings (SSSR count). The Kier molecular flexibility index (Phi) is 4.12. The van der Waals surface area contributed by atoms with Crippen LogP contribution in [0.1, 0.15) is 18.5 Å². The summed E-state index contributed by atoms with van der Waals surface area (Å²) in [5, 5.41) is 3.96. The molecular formula is C14H16ClN3O. The number of ether oxygens (including phenoxy) is 1. The molecule has 1 heterocycles. The summed E-state index contributed by atoms with van der Waals surface area (Å²) in [4.78, 5) is 4.29. The lowest BCUT2D eigenvalue weighted by atomic mass is 10.1. The molecule has 0 saturated heterocycles. The number of benzene rings is 1. The standard InChI is InChI=1S/C14H16ClN3O/c1-9(10-4-3-5-11(15)8-10)17-14-12(16)6-7-13(18-14)19-2/h3-9H,16H2,1-2H3,(H,17,18). The third-order valence-electron chi connectivity index (χ3n) is 2.81. The number of nitrogen functional groups attached to an aromatic ring is 1. The van der Waals surface area contributed by atoms with Gasteiger partial charge in [-0.25, -0.2) is 0 Å². The van der Waals surface area contributed by atoms with E-state index in [1.807, 2.05) is 31.2 Å². The second kappa shape index (κ2) is 5.80. The maximum absolute atomic E-state index is 5.98. The van der Waals surface area contributed by atoms with E-state index in [9.17, 15) is 0 Å². The first-order chi connectivity index (χ1) is 9.10. The summed E-state index contributed by atoms with van der Waals surface area (Å²) in [6, 6.07) is 11.2. The van der Waals surface area contributed by atoms with Gasteiger partial charge in [0, 0.05) is 11.1 Å². The quantitative estimate of drug-likeness (QED) is 0.898. The third-order valence-corrected chi connectivity index (χ3v) is 3.05. The molecule has 0 aliphatic heterocycles. The van der Waals surface area contributed by atoms with Crippen molar-refractivity contribution in [3.05, 3.63) is 47.0 Å². The van der Waals surface area contributed by atoms with Gasteiger partial charge in [-0.1, -0.05) is 23.7 Å². The highest BCUT2D eigenvalue weighted by Gasteiger charge is 2.09. The lowest BCUT2D eigenvalue weighted by Gasteiger charge is -2.17. The number of hydrogen-bond donors (Lipinski definition) is 2. The summed E-state index contributed by atoms with van der Waals surface area (Å²) in [7, 11) is 1.57. The Morgan fingerprint density at radius 1 is 1.32 bits per heavy atom. The van der Waals surface area contributed by atoms with Crippen LogP contribution in [0.5, 0.6) is 5.88 Å². The van der Waals surface area contributed by atoms with Crippen LogP contribution in [0.4, 0.5) is 11.5 Å². The van der Waals surface area contributed by atoms with Crippen LogP contribution < -0.4 is 15.8 Å². The highest BCUT2D eigenvalue weighted by atomic mass is 35.5. The number of nitrogens with one attached hydrogen (secondary N) is 1. The molecule has 0 aliphatic carbocycles. The number of nitrogens with two attached hydrogens (primary N) is 1. The lowest BCUT2D eigenvalue weighted by molar-refractivity contribution is 0.398. The maximum Gasteiger partial charge on any atom is 0.215 e.